The summed E-state index contributed by atoms with van der Waals surface area (Å²) in [6, 6.07) is 0. The van der Waals surface area contributed by atoms with Crippen LogP contribution in [0.25, 0.3) is 0 Å². The molecular formula is C15H25NO5. The number of carboxylic acids is 1. The first kappa shape index (κ1) is 17.5. The molecule has 0 bridgehead atoms. The smallest absolute Gasteiger partial charge is 0.325 e. The lowest BCUT2D eigenvalue weighted by Gasteiger charge is -2.24. The first-order valence-electron chi connectivity index (χ1n) is 7.30. The fraction of sp³-hybridized carbons (Fsp3) is 0.800. The molecule has 21 heavy (non-hydrogen) atoms. The Hall–Kier alpha value is -1.59. The van der Waals surface area contributed by atoms with Gasteiger partial charge in [0.25, 0.3) is 0 Å². The minimum atomic E-state index is -0.959. The van der Waals surface area contributed by atoms with E-state index in [1.54, 1.807) is 20.8 Å². The Bertz CT molecular complexity index is 430. The highest BCUT2D eigenvalue weighted by Crippen LogP contribution is 2.59. The molecule has 1 saturated carbocycles. The summed E-state index contributed by atoms with van der Waals surface area (Å²) in [6.07, 6.45) is 0. The van der Waals surface area contributed by atoms with Crippen LogP contribution in [0.5, 0.6) is 0 Å². The number of carbonyl (C=O) groups excluding carboxylic acids is 2. The van der Waals surface area contributed by atoms with Crippen molar-refractivity contribution in [2.75, 3.05) is 19.7 Å². The van der Waals surface area contributed by atoms with E-state index in [1.165, 1.54) is 4.90 Å². The monoisotopic (exact) mass is 299 g/mol. The zero-order valence-electron chi connectivity index (χ0n) is 13.4. The molecule has 1 amide bonds. The molecule has 0 aliphatic heterocycles. The summed E-state index contributed by atoms with van der Waals surface area (Å²) in [7, 11) is 0. The summed E-state index contributed by atoms with van der Waals surface area (Å²) in [5, 5.41) is 9.18. The van der Waals surface area contributed by atoms with Crippen LogP contribution in [0.3, 0.4) is 0 Å². The van der Waals surface area contributed by atoms with Crippen LogP contribution in [0.4, 0.5) is 0 Å². The number of amides is 1. The molecule has 6 nitrogen and oxygen atoms in total. The van der Waals surface area contributed by atoms with Crippen molar-refractivity contribution in [2.24, 2.45) is 23.2 Å². The van der Waals surface area contributed by atoms with Crippen LogP contribution in [-0.2, 0) is 19.1 Å². The molecule has 0 unspecified atom stereocenters. The maximum atomic E-state index is 12.6. The van der Waals surface area contributed by atoms with Gasteiger partial charge >= 0.3 is 11.9 Å². The molecule has 0 spiro atoms. The van der Waals surface area contributed by atoms with Crippen molar-refractivity contribution in [1.82, 2.24) is 4.90 Å². The molecule has 1 aliphatic rings. The molecular weight excluding hydrogens is 274 g/mol. The number of nitrogens with zero attached hydrogens (tertiary/aromatic N) is 1. The van der Waals surface area contributed by atoms with E-state index in [9.17, 15) is 19.5 Å². The second-order valence-corrected chi connectivity index (χ2v) is 6.53. The zero-order chi connectivity index (χ0) is 16.4. The highest BCUT2D eigenvalue weighted by atomic mass is 16.5. The van der Waals surface area contributed by atoms with Crippen molar-refractivity contribution in [1.29, 1.82) is 0 Å². The van der Waals surface area contributed by atoms with Gasteiger partial charge in [-0.3, -0.25) is 14.4 Å². The van der Waals surface area contributed by atoms with Crippen molar-refractivity contribution in [2.45, 2.75) is 34.6 Å². The third-order valence-electron chi connectivity index (χ3n) is 3.88. The molecule has 0 aromatic heterocycles. The van der Waals surface area contributed by atoms with Crippen LogP contribution in [0, 0.1) is 23.2 Å². The van der Waals surface area contributed by atoms with Crippen molar-refractivity contribution in [3.8, 4) is 0 Å². The van der Waals surface area contributed by atoms with Gasteiger partial charge in [0.15, 0.2) is 0 Å². The van der Waals surface area contributed by atoms with Gasteiger partial charge in [0.1, 0.15) is 6.54 Å². The number of aliphatic carboxylic acids is 1. The number of carbonyl (C=O) groups is 3. The van der Waals surface area contributed by atoms with Crippen LogP contribution in [-0.4, -0.2) is 47.5 Å². The SMILES string of the molecule is CCOC(=O)CN(CC(C)C)C(=O)[C@H]1[C@@H](C(=O)O)C1(C)C. The van der Waals surface area contributed by atoms with Gasteiger partial charge in [-0.1, -0.05) is 27.7 Å². The Morgan fingerprint density at radius 1 is 1.24 bits per heavy atom. The lowest BCUT2D eigenvalue weighted by atomic mass is 10.1. The number of hydrogen-bond acceptors (Lipinski definition) is 4. The predicted molar refractivity (Wildman–Crippen MR) is 76.4 cm³/mol. The second kappa shape index (κ2) is 6.45. The quantitative estimate of drug-likeness (QED) is 0.718. The third-order valence-corrected chi connectivity index (χ3v) is 3.88. The van der Waals surface area contributed by atoms with Gasteiger partial charge in [-0.15, -0.1) is 0 Å². The Kier molecular flexibility index (Phi) is 5.36. The van der Waals surface area contributed by atoms with Crippen LogP contribution in [0.1, 0.15) is 34.6 Å². The van der Waals surface area contributed by atoms with E-state index in [-0.39, 0.29) is 25.0 Å². The standard InChI is InChI=1S/C15H25NO5/c1-6-21-10(17)8-16(7-9(2)3)13(18)11-12(14(19)20)15(11,4)5/h9,11-12H,6-8H2,1-5H3,(H,19,20)/t11-,12+/m1/s1. The van der Waals surface area contributed by atoms with E-state index in [1.807, 2.05) is 13.8 Å². The van der Waals surface area contributed by atoms with E-state index in [4.69, 9.17) is 4.74 Å². The number of esters is 1. The van der Waals surface area contributed by atoms with E-state index in [0.717, 1.165) is 0 Å². The highest BCUT2D eigenvalue weighted by molar-refractivity contribution is 5.93. The number of carboxylic acid groups (broad SMARTS) is 1. The molecule has 0 radical (unpaired) electrons. The summed E-state index contributed by atoms with van der Waals surface area (Å²) in [4.78, 5) is 36.8. The molecule has 0 saturated heterocycles. The van der Waals surface area contributed by atoms with E-state index >= 15 is 0 Å². The number of ether oxygens (including phenoxy) is 1. The van der Waals surface area contributed by atoms with E-state index < -0.39 is 29.2 Å². The fourth-order valence-electron chi connectivity index (χ4n) is 2.79. The molecule has 0 heterocycles. The molecule has 0 aromatic carbocycles. The largest absolute Gasteiger partial charge is 0.481 e. The maximum absolute atomic E-state index is 12.6. The van der Waals surface area contributed by atoms with Crippen molar-refractivity contribution in [3.63, 3.8) is 0 Å². The molecule has 1 aliphatic carbocycles. The van der Waals surface area contributed by atoms with Gasteiger partial charge in [0.05, 0.1) is 18.4 Å². The van der Waals surface area contributed by atoms with Crippen LogP contribution >= 0.6 is 0 Å². The van der Waals surface area contributed by atoms with E-state index in [0.29, 0.717) is 6.54 Å². The normalized spacial score (nSPS) is 22.8. The Labute approximate surface area is 125 Å². The van der Waals surface area contributed by atoms with Gasteiger partial charge in [0.2, 0.25) is 5.91 Å². The summed E-state index contributed by atoms with van der Waals surface area (Å²) < 4.78 is 4.88. The minimum Gasteiger partial charge on any atom is -0.481 e. The number of rotatable bonds is 7. The average molecular weight is 299 g/mol. The van der Waals surface area contributed by atoms with Crippen molar-refractivity contribution < 1.29 is 24.2 Å². The van der Waals surface area contributed by atoms with Crippen LogP contribution in [0.15, 0.2) is 0 Å². The first-order chi connectivity index (χ1) is 9.62. The Balaban J connectivity index is 2.82. The third kappa shape index (κ3) is 3.95. The fourth-order valence-corrected chi connectivity index (χ4v) is 2.79. The lowest BCUT2D eigenvalue weighted by molar-refractivity contribution is -0.150. The minimum absolute atomic E-state index is 0.121. The summed E-state index contributed by atoms with van der Waals surface area (Å²) in [5.74, 6) is -2.75. The molecule has 1 N–H and O–H groups in total. The van der Waals surface area contributed by atoms with E-state index in [2.05, 4.69) is 0 Å². The molecule has 0 aromatic rings. The molecule has 6 heteroatoms. The first-order valence-corrected chi connectivity index (χ1v) is 7.30. The van der Waals surface area contributed by atoms with Gasteiger partial charge in [-0.25, -0.2) is 0 Å². The summed E-state index contributed by atoms with van der Waals surface area (Å²) >= 11 is 0. The Morgan fingerprint density at radius 3 is 2.19 bits per heavy atom. The molecule has 120 valence electrons. The van der Waals surface area contributed by atoms with Gasteiger partial charge < -0.3 is 14.7 Å². The highest BCUT2D eigenvalue weighted by Gasteiger charge is 2.66. The van der Waals surface area contributed by atoms with Gasteiger partial charge in [-0.2, -0.15) is 0 Å². The van der Waals surface area contributed by atoms with Crippen molar-refractivity contribution >= 4 is 17.8 Å². The second-order valence-electron chi connectivity index (χ2n) is 6.53. The topological polar surface area (TPSA) is 83.9 Å². The van der Waals surface area contributed by atoms with Crippen molar-refractivity contribution in [3.05, 3.63) is 0 Å². The Morgan fingerprint density at radius 2 is 1.81 bits per heavy atom. The van der Waals surface area contributed by atoms with Gasteiger partial charge in [0, 0.05) is 6.54 Å². The number of hydrogen-bond donors (Lipinski definition) is 1. The predicted octanol–water partition coefficient (Wildman–Crippen LogP) is 1.39. The maximum Gasteiger partial charge on any atom is 0.325 e. The van der Waals surface area contributed by atoms with Gasteiger partial charge in [-0.05, 0) is 18.3 Å². The molecule has 1 rings (SSSR count). The summed E-state index contributed by atoms with van der Waals surface area (Å²) in [6.45, 7) is 9.68. The van der Waals surface area contributed by atoms with Crippen LogP contribution in [0.2, 0.25) is 0 Å². The van der Waals surface area contributed by atoms with Crippen LogP contribution < -0.4 is 0 Å². The zero-order valence-corrected chi connectivity index (χ0v) is 13.4. The molecule has 2 atom stereocenters. The average Bonchev–Trinajstić information content (AvgIpc) is 2.90. The molecule has 1 fully saturated rings. The lowest BCUT2D eigenvalue weighted by Crippen LogP contribution is -2.40. The summed E-state index contributed by atoms with van der Waals surface area (Å²) in [5.41, 5.74) is -0.563.